The van der Waals surface area contributed by atoms with Crippen LogP contribution in [0.25, 0.3) is 17.3 Å². The van der Waals surface area contributed by atoms with Gasteiger partial charge in [0.05, 0.1) is 15.7 Å². The fourth-order valence-electron chi connectivity index (χ4n) is 2.42. The Balaban J connectivity index is 1.60. The summed E-state index contributed by atoms with van der Waals surface area (Å²) in [5, 5.41) is 8.78. The van der Waals surface area contributed by atoms with Crippen LogP contribution in [0.5, 0.6) is 0 Å². The van der Waals surface area contributed by atoms with Gasteiger partial charge in [0.25, 0.3) is 0 Å². The van der Waals surface area contributed by atoms with Crippen LogP contribution in [0.1, 0.15) is 18.1 Å². The topological polar surface area (TPSA) is 71.1 Å². The van der Waals surface area contributed by atoms with Crippen LogP contribution in [-0.4, -0.2) is 16.8 Å². The van der Waals surface area contributed by atoms with Gasteiger partial charge in [-0.05, 0) is 29.3 Å². The van der Waals surface area contributed by atoms with Gasteiger partial charge in [0.2, 0.25) is 11.8 Å². The van der Waals surface area contributed by atoms with E-state index in [0.717, 1.165) is 22.4 Å². The maximum absolute atomic E-state index is 12.1. The summed E-state index contributed by atoms with van der Waals surface area (Å²) >= 11 is 13.2. The molecule has 0 spiro atoms. The third kappa shape index (κ3) is 6.15. The Morgan fingerprint density at radius 1 is 1.10 bits per heavy atom. The number of rotatable bonds is 6. The van der Waals surface area contributed by atoms with E-state index in [1.54, 1.807) is 24.3 Å². The van der Waals surface area contributed by atoms with E-state index in [1.807, 2.05) is 29.6 Å². The molecule has 0 aliphatic rings. The number of amides is 2. The van der Waals surface area contributed by atoms with Crippen molar-refractivity contribution in [3.05, 3.63) is 75.1 Å². The van der Waals surface area contributed by atoms with Crippen LogP contribution in [0.15, 0.2) is 53.9 Å². The van der Waals surface area contributed by atoms with Gasteiger partial charge in [-0.3, -0.25) is 14.9 Å². The monoisotopic (exact) mass is 445 g/mol. The predicted molar refractivity (Wildman–Crippen MR) is 119 cm³/mol. The first-order chi connectivity index (χ1) is 13.9. The van der Waals surface area contributed by atoms with Gasteiger partial charge in [0.15, 0.2) is 5.13 Å². The molecule has 0 saturated heterocycles. The number of anilines is 1. The molecule has 5 nitrogen and oxygen atoms in total. The number of hydrogen-bond donors (Lipinski definition) is 2. The van der Waals surface area contributed by atoms with Crippen LogP contribution in [0.2, 0.25) is 10.0 Å². The van der Waals surface area contributed by atoms with Crippen LogP contribution >= 0.6 is 34.5 Å². The minimum atomic E-state index is -0.289. The summed E-state index contributed by atoms with van der Waals surface area (Å²) in [4.78, 5) is 27.6. The Kier molecular flexibility index (Phi) is 7.04. The van der Waals surface area contributed by atoms with E-state index in [4.69, 9.17) is 23.2 Å². The fourth-order valence-corrected chi connectivity index (χ4v) is 3.45. The zero-order valence-electron chi connectivity index (χ0n) is 15.4. The van der Waals surface area contributed by atoms with Crippen LogP contribution in [0.3, 0.4) is 0 Å². The minimum absolute atomic E-state index is 0.0674. The molecule has 1 aromatic heterocycles. The molecule has 29 heavy (non-hydrogen) atoms. The second-order valence-corrected chi connectivity index (χ2v) is 7.81. The number of hydrogen-bond acceptors (Lipinski definition) is 4. The first-order valence-electron chi connectivity index (χ1n) is 8.64. The second kappa shape index (κ2) is 9.69. The van der Waals surface area contributed by atoms with Gasteiger partial charge < -0.3 is 5.32 Å². The molecule has 0 aliphatic carbocycles. The SMILES string of the molecule is CC(=O)NCc1ccc(-c2csc(NC(=O)/C=C/c3ccc(Cl)c(Cl)c3)n2)cc1. The lowest BCUT2D eigenvalue weighted by molar-refractivity contribution is -0.119. The molecule has 2 aromatic carbocycles. The number of carbonyl (C=O) groups excluding carboxylic acids is 2. The molecule has 148 valence electrons. The van der Waals surface area contributed by atoms with Crippen LogP contribution in [0, 0.1) is 0 Å². The summed E-state index contributed by atoms with van der Waals surface area (Å²) in [6, 6.07) is 12.9. The summed E-state index contributed by atoms with van der Waals surface area (Å²) in [6.07, 6.45) is 3.07. The Morgan fingerprint density at radius 2 is 1.86 bits per heavy atom. The Morgan fingerprint density at radius 3 is 2.55 bits per heavy atom. The number of benzene rings is 2. The number of nitrogens with zero attached hydrogens (tertiary/aromatic N) is 1. The zero-order chi connectivity index (χ0) is 20.8. The lowest BCUT2D eigenvalue weighted by atomic mass is 10.1. The third-order valence-corrected chi connectivity index (χ3v) is 5.39. The molecule has 0 saturated carbocycles. The van der Waals surface area contributed by atoms with Crippen molar-refractivity contribution in [2.75, 3.05) is 5.32 Å². The van der Waals surface area contributed by atoms with Gasteiger partial charge in [-0.25, -0.2) is 4.98 Å². The normalized spacial score (nSPS) is 10.9. The van der Waals surface area contributed by atoms with Crippen LogP contribution in [0.4, 0.5) is 5.13 Å². The average Bonchev–Trinajstić information content (AvgIpc) is 3.16. The smallest absolute Gasteiger partial charge is 0.250 e. The van der Waals surface area contributed by atoms with Crippen molar-refractivity contribution in [3.63, 3.8) is 0 Å². The van der Waals surface area contributed by atoms with Crippen LogP contribution in [-0.2, 0) is 16.1 Å². The van der Waals surface area contributed by atoms with Crippen molar-refractivity contribution in [2.45, 2.75) is 13.5 Å². The number of aromatic nitrogens is 1. The molecule has 2 N–H and O–H groups in total. The maximum atomic E-state index is 12.1. The standard InChI is InChI=1S/C21H17Cl2N3O2S/c1-13(27)24-11-15-2-6-16(7-3-15)19-12-29-21(25-19)26-20(28)9-5-14-4-8-17(22)18(23)10-14/h2-10,12H,11H2,1H3,(H,24,27)(H,25,26,28)/b9-5+. The van der Waals surface area contributed by atoms with E-state index in [1.165, 1.54) is 24.3 Å². The van der Waals surface area contributed by atoms with Crippen molar-refractivity contribution in [3.8, 4) is 11.3 Å². The van der Waals surface area contributed by atoms with Gasteiger partial charge >= 0.3 is 0 Å². The van der Waals surface area contributed by atoms with Crippen molar-refractivity contribution in [1.82, 2.24) is 10.3 Å². The molecule has 0 aliphatic heterocycles. The lowest BCUT2D eigenvalue weighted by Gasteiger charge is -2.03. The summed E-state index contributed by atoms with van der Waals surface area (Å²) in [5.74, 6) is -0.357. The molecule has 0 bridgehead atoms. The first-order valence-corrected chi connectivity index (χ1v) is 10.3. The highest BCUT2D eigenvalue weighted by Gasteiger charge is 2.07. The van der Waals surface area contributed by atoms with E-state index in [-0.39, 0.29) is 11.8 Å². The van der Waals surface area contributed by atoms with Crippen molar-refractivity contribution in [2.24, 2.45) is 0 Å². The number of carbonyl (C=O) groups is 2. The number of halogens is 2. The van der Waals surface area contributed by atoms with E-state index >= 15 is 0 Å². The first kappa shape index (κ1) is 21.0. The van der Waals surface area contributed by atoms with Crippen molar-refractivity contribution >= 4 is 57.6 Å². The van der Waals surface area contributed by atoms with E-state index < -0.39 is 0 Å². The molecule has 3 aromatic rings. The number of nitrogens with one attached hydrogen (secondary N) is 2. The molecule has 0 atom stereocenters. The second-order valence-electron chi connectivity index (χ2n) is 6.14. The van der Waals surface area contributed by atoms with E-state index in [2.05, 4.69) is 15.6 Å². The Bertz CT molecular complexity index is 1060. The predicted octanol–water partition coefficient (Wildman–Crippen LogP) is 5.40. The summed E-state index contributed by atoms with van der Waals surface area (Å²) < 4.78 is 0. The Labute approximate surface area is 182 Å². The molecule has 3 rings (SSSR count). The highest BCUT2D eigenvalue weighted by atomic mass is 35.5. The molecule has 0 fully saturated rings. The van der Waals surface area contributed by atoms with Crippen molar-refractivity contribution < 1.29 is 9.59 Å². The van der Waals surface area contributed by atoms with Gasteiger partial charge in [-0.15, -0.1) is 11.3 Å². The summed E-state index contributed by atoms with van der Waals surface area (Å²) in [5.41, 5.74) is 3.47. The summed E-state index contributed by atoms with van der Waals surface area (Å²) in [7, 11) is 0. The summed E-state index contributed by atoms with van der Waals surface area (Å²) in [6.45, 7) is 1.97. The van der Waals surface area contributed by atoms with Gasteiger partial charge in [-0.1, -0.05) is 53.5 Å². The highest BCUT2D eigenvalue weighted by molar-refractivity contribution is 7.14. The highest BCUT2D eigenvalue weighted by Crippen LogP contribution is 2.26. The molecule has 0 radical (unpaired) electrons. The van der Waals surface area contributed by atoms with Gasteiger partial charge in [0.1, 0.15) is 0 Å². The Hall–Kier alpha value is -2.67. The third-order valence-electron chi connectivity index (χ3n) is 3.90. The van der Waals surface area contributed by atoms with Gasteiger partial charge in [-0.2, -0.15) is 0 Å². The molecule has 2 amide bonds. The van der Waals surface area contributed by atoms with E-state index in [9.17, 15) is 9.59 Å². The lowest BCUT2D eigenvalue weighted by Crippen LogP contribution is -2.18. The fraction of sp³-hybridized carbons (Fsp3) is 0.0952. The van der Waals surface area contributed by atoms with E-state index in [0.29, 0.717) is 21.7 Å². The zero-order valence-corrected chi connectivity index (χ0v) is 17.7. The molecule has 0 unspecified atom stereocenters. The molecular weight excluding hydrogens is 429 g/mol. The maximum Gasteiger partial charge on any atom is 0.250 e. The van der Waals surface area contributed by atoms with Crippen molar-refractivity contribution in [1.29, 1.82) is 0 Å². The molecule has 8 heteroatoms. The molecular formula is C21H17Cl2N3O2S. The quantitative estimate of drug-likeness (QED) is 0.498. The minimum Gasteiger partial charge on any atom is -0.352 e. The number of thiazole rings is 1. The largest absolute Gasteiger partial charge is 0.352 e. The van der Waals surface area contributed by atoms with Gasteiger partial charge in [0, 0.05) is 30.5 Å². The van der Waals surface area contributed by atoms with Crippen LogP contribution < -0.4 is 10.6 Å². The average molecular weight is 446 g/mol. The molecule has 1 heterocycles.